The highest BCUT2D eigenvalue weighted by Crippen LogP contribution is 2.19. The van der Waals surface area contributed by atoms with E-state index in [-0.39, 0.29) is 18.7 Å². The number of hydrogen-bond acceptors (Lipinski definition) is 3. The number of nitrogens with one attached hydrogen (secondary N) is 2. The molecule has 0 radical (unpaired) electrons. The largest absolute Gasteiger partial charge is 0.496 e. The number of rotatable bonds is 6. The molecule has 0 bridgehead atoms. The topological polar surface area (TPSA) is 70.6 Å². The van der Waals surface area contributed by atoms with Crippen molar-refractivity contribution in [2.24, 2.45) is 0 Å². The van der Waals surface area contributed by atoms with Crippen LogP contribution < -0.4 is 15.4 Å². The van der Waals surface area contributed by atoms with Gasteiger partial charge in [-0.2, -0.15) is 0 Å². The van der Waals surface area contributed by atoms with Gasteiger partial charge in [0.2, 0.25) is 0 Å². The van der Waals surface area contributed by atoms with Crippen molar-refractivity contribution in [2.75, 3.05) is 13.7 Å². The van der Waals surface area contributed by atoms with Gasteiger partial charge in [0.05, 0.1) is 19.8 Å². The van der Waals surface area contributed by atoms with Crippen molar-refractivity contribution in [3.63, 3.8) is 0 Å². The summed E-state index contributed by atoms with van der Waals surface area (Å²) in [7, 11) is 1.61. The maximum atomic E-state index is 11.6. The number of carbonyl (C=O) groups is 1. The van der Waals surface area contributed by atoms with E-state index in [0.29, 0.717) is 13.0 Å². The van der Waals surface area contributed by atoms with Crippen LogP contribution in [0.15, 0.2) is 18.2 Å². The second-order valence-electron chi connectivity index (χ2n) is 4.43. The number of benzene rings is 1. The third kappa shape index (κ3) is 4.79. The van der Waals surface area contributed by atoms with Gasteiger partial charge in [0, 0.05) is 12.1 Å². The summed E-state index contributed by atoms with van der Waals surface area (Å²) in [6.45, 7) is 4.22. The number of amides is 2. The average molecular weight is 266 g/mol. The number of aryl methyl sites for hydroxylation is 1. The van der Waals surface area contributed by atoms with Crippen LogP contribution in [0.1, 0.15) is 24.5 Å². The summed E-state index contributed by atoms with van der Waals surface area (Å²) in [6.07, 6.45) is 0.692. The van der Waals surface area contributed by atoms with E-state index in [0.717, 1.165) is 16.9 Å². The Balaban J connectivity index is 2.54. The quantitative estimate of drug-likeness (QED) is 0.732. The summed E-state index contributed by atoms with van der Waals surface area (Å²) in [5.74, 6) is 0.759. The number of urea groups is 1. The fourth-order valence-electron chi connectivity index (χ4n) is 1.69. The number of aliphatic hydroxyl groups is 1. The van der Waals surface area contributed by atoms with Crippen LogP contribution >= 0.6 is 0 Å². The SMILES string of the molecule is CCC(CO)NC(=O)NCc1ccc(C)cc1OC. The second-order valence-corrected chi connectivity index (χ2v) is 4.43. The first kappa shape index (κ1) is 15.3. The van der Waals surface area contributed by atoms with Crippen LogP contribution in [-0.2, 0) is 6.54 Å². The molecule has 0 aliphatic carbocycles. The fraction of sp³-hybridized carbons (Fsp3) is 0.500. The van der Waals surface area contributed by atoms with Crippen molar-refractivity contribution in [1.82, 2.24) is 10.6 Å². The molecule has 5 nitrogen and oxygen atoms in total. The molecule has 0 heterocycles. The van der Waals surface area contributed by atoms with Crippen LogP contribution in [0.2, 0.25) is 0 Å². The maximum Gasteiger partial charge on any atom is 0.315 e. The Hall–Kier alpha value is -1.75. The lowest BCUT2D eigenvalue weighted by atomic mass is 10.1. The van der Waals surface area contributed by atoms with Crippen LogP contribution in [0, 0.1) is 6.92 Å². The van der Waals surface area contributed by atoms with Gasteiger partial charge in [-0.25, -0.2) is 4.79 Å². The van der Waals surface area contributed by atoms with E-state index < -0.39 is 0 Å². The molecule has 0 saturated carbocycles. The first-order valence-electron chi connectivity index (χ1n) is 6.39. The Kier molecular flexibility index (Phi) is 6.15. The fourth-order valence-corrected chi connectivity index (χ4v) is 1.69. The molecule has 3 N–H and O–H groups in total. The Labute approximate surface area is 114 Å². The zero-order valence-electron chi connectivity index (χ0n) is 11.7. The molecule has 0 aromatic heterocycles. The summed E-state index contributed by atoms with van der Waals surface area (Å²) in [5, 5.41) is 14.5. The molecule has 2 amide bonds. The van der Waals surface area contributed by atoms with Crippen LogP contribution in [0.25, 0.3) is 0 Å². The number of carbonyl (C=O) groups excluding carboxylic acids is 1. The first-order valence-corrected chi connectivity index (χ1v) is 6.39. The van der Waals surface area contributed by atoms with Gasteiger partial charge in [-0.15, -0.1) is 0 Å². The average Bonchev–Trinajstić information content (AvgIpc) is 2.43. The van der Waals surface area contributed by atoms with Gasteiger partial charge in [0.25, 0.3) is 0 Å². The standard InChI is InChI=1S/C14H22N2O3/c1-4-12(9-17)16-14(18)15-8-11-6-5-10(2)7-13(11)19-3/h5-7,12,17H,4,8-9H2,1-3H3,(H2,15,16,18). The van der Waals surface area contributed by atoms with Gasteiger partial charge < -0.3 is 20.5 Å². The second kappa shape index (κ2) is 7.63. The van der Waals surface area contributed by atoms with E-state index in [2.05, 4.69) is 10.6 Å². The van der Waals surface area contributed by atoms with Gasteiger partial charge in [-0.3, -0.25) is 0 Å². The molecule has 106 valence electrons. The molecule has 1 atom stereocenters. The minimum absolute atomic E-state index is 0.0578. The third-order valence-corrected chi connectivity index (χ3v) is 2.93. The van der Waals surface area contributed by atoms with Crippen molar-refractivity contribution in [3.8, 4) is 5.75 Å². The van der Waals surface area contributed by atoms with Crippen LogP contribution in [-0.4, -0.2) is 30.9 Å². The van der Waals surface area contributed by atoms with Crippen molar-refractivity contribution in [2.45, 2.75) is 32.9 Å². The van der Waals surface area contributed by atoms with E-state index in [1.165, 1.54) is 0 Å². The van der Waals surface area contributed by atoms with Crippen molar-refractivity contribution < 1.29 is 14.6 Å². The van der Waals surface area contributed by atoms with Gasteiger partial charge in [-0.05, 0) is 25.0 Å². The predicted molar refractivity (Wildman–Crippen MR) is 74.3 cm³/mol. The molecular formula is C14H22N2O3. The molecule has 0 spiro atoms. The summed E-state index contributed by atoms with van der Waals surface area (Å²) in [6, 6.07) is 5.33. The lowest BCUT2D eigenvalue weighted by molar-refractivity contribution is 0.214. The zero-order chi connectivity index (χ0) is 14.3. The molecule has 19 heavy (non-hydrogen) atoms. The Morgan fingerprint density at radius 1 is 1.47 bits per heavy atom. The lowest BCUT2D eigenvalue weighted by Crippen LogP contribution is -2.43. The van der Waals surface area contributed by atoms with Crippen LogP contribution in [0.4, 0.5) is 4.79 Å². The molecule has 0 fully saturated rings. The van der Waals surface area contributed by atoms with Crippen LogP contribution in [0.3, 0.4) is 0 Å². The predicted octanol–water partition coefficient (Wildman–Crippen LogP) is 1.57. The highest BCUT2D eigenvalue weighted by molar-refractivity contribution is 5.74. The molecule has 0 saturated heterocycles. The van der Waals surface area contributed by atoms with E-state index in [9.17, 15) is 4.79 Å². The third-order valence-electron chi connectivity index (χ3n) is 2.93. The molecular weight excluding hydrogens is 244 g/mol. The molecule has 0 aliphatic rings. The first-order chi connectivity index (χ1) is 9.10. The minimum Gasteiger partial charge on any atom is -0.496 e. The highest BCUT2D eigenvalue weighted by atomic mass is 16.5. The number of methoxy groups -OCH3 is 1. The minimum atomic E-state index is -0.288. The van der Waals surface area contributed by atoms with Gasteiger partial charge in [-0.1, -0.05) is 19.1 Å². The van der Waals surface area contributed by atoms with Gasteiger partial charge in [0.1, 0.15) is 5.75 Å². The Morgan fingerprint density at radius 3 is 2.79 bits per heavy atom. The lowest BCUT2D eigenvalue weighted by Gasteiger charge is -2.15. The number of aliphatic hydroxyl groups excluding tert-OH is 1. The Bertz CT molecular complexity index is 417. The summed E-state index contributed by atoms with van der Waals surface area (Å²) >= 11 is 0. The molecule has 1 rings (SSSR count). The van der Waals surface area contributed by atoms with E-state index in [1.807, 2.05) is 32.0 Å². The molecule has 1 aromatic rings. The molecule has 5 heteroatoms. The zero-order valence-corrected chi connectivity index (χ0v) is 11.7. The van der Waals surface area contributed by atoms with E-state index in [4.69, 9.17) is 9.84 Å². The van der Waals surface area contributed by atoms with Gasteiger partial charge in [0.15, 0.2) is 0 Å². The normalized spacial score (nSPS) is 11.8. The Morgan fingerprint density at radius 2 is 2.21 bits per heavy atom. The monoisotopic (exact) mass is 266 g/mol. The van der Waals surface area contributed by atoms with Crippen LogP contribution in [0.5, 0.6) is 5.75 Å². The molecule has 1 aromatic carbocycles. The summed E-state index contributed by atoms with van der Waals surface area (Å²) < 4.78 is 5.27. The van der Waals surface area contributed by atoms with Crippen molar-refractivity contribution >= 4 is 6.03 Å². The molecule has 1 unspecified atom stereocenters. The highest BCUT2D eigenvalue weighted by Gasteiger charge is 2.09. The smallest absolute Gasteiger partial charge is 0.315 e. The molecule has 0 aliphatic heterocycles. The van der Waals surface area contributed by atoms with E-state index >= 15 is 0 Å². The number of ether oxygens (including phenoxy) is 1. The summed E-state index contributed by atoms with van der Waals surface area (Å²) in [5.41, 5.74) is 2.02. The van der Waals surface area contributed by atoms with Crippen molar-refractivity contribution in [3.05, 3.63) is 29.3 Å². The maximum absolute atomic E-state index is 11.6. The van der Waals surface area contributed by atoms with E-state index in [1.54, 1.807) is 7.11 Å². The van der Waals surface area contributed by atoms with Crippen molar-refractivity contribution in [1.29, 1.82) is 0 Å². The summed E-state index contributed by atoms with van der Waals surface area (Å²) in [4.78, 5) is 11.6. The van der Waals surface area contributed by atoms with Gasteiger partial charge >= 0.3 is 6.03 Å². The number of hydrogen-bond donors (Lipinski definition) is 3.